The van der Waals surface area contributed by atoms with Gasteiger partial charge in [-0.15, -0.1) is 11.3 Å². The molecule has 1 aromatic carbocycles. The molecule has 0 amide bonds. The first-order chi connectivity index (χ1) is 9.03. The molecule has 0 saturated carbocycles. The molecule has 1 heterocycles. The minimum Gasteiger partial charge on any atom is -0.326 e. The molecule has 0 aliphatic heterocycles. The first kappa shape index (κ1) is 14.5. The van der Waals surface area contributed by atoms with Gasteiger partial charge in [0.25, 0.3) is 0 Å². The predicted molar refractivity (Wildman–Crippen MR) is 77.7 cm³/mol. The predicted octanol–water partition coefficient (Wildman–Crippen LogP) is 2.34. The second kappa shape index (κ2) is 6.02. The lowest BCUT2D eigenvalue weighted by atomic mass is 10.1. The van der Waals surface area contributed by atoms with Crippen LogP contribution in [0, 0.1) is 0 Å². The molecule has 0 radical (unpaired) electrons. The number of sulfonamides is 1. The summed E-state index contributed by atoms with van der Waals surface area (Å²) in [5, 5.41) is 0. The van der Waals surface area contributed by atoms with E-state index in [0.29, 0.717) is 10.9 Å². The molecule has 0 bridgehead atoms. The maximum Gasteiger partial charge on any atom is 0.250 e. The van der Waals surface area contributed by atoms with Crippen LogP contribution in [-0.2, 0) is 23.1 Å². The summed E-state index contributed by atoms with van der Waals surface area (Å²) in [5.74, 6) is 0. The SMILES string of the molecule is NCc1ccccc1CNS(=O)(=O)c1ccc(Cl)s1. The van der Waals surface area contributed by atoms with Crippen molar-refractivity contribution in [3.63, 3.8) is 0 Å². The van der Waals surface area contributed by atoms with Gasteiger partial charge in [0.15, 0.2) is 0 Å². The molecule has 1 aromatic heterocycles. The Morgan fingerprint density at radius 1 is 1.16 bits per heavy atom. The van der Waals surface area contributed by atoms with Gasteiger partial charge in [-0.05, 0) is 23.3 Å². The van der Waals surface area contributed by atoms with Crippen molar-refractivity contribution in [2.24, 2.45) is 5.73 Å². The summed E-state index contributed by atoms with van der Waals surface area (Å²) in [5.41, 5.74) is 7.41. The molecular weight excluding hydrogens is 304 g/mol. The molecular formula is C12H13ClN2O2S2. The average Bonchev–Trinajstić information content (AvgIpc) is 2.84. The van der Waals surface area contributed by atoms with Crippen LogP contribution < -0.4 is 10.5 Å². The van der Waals surface area contributed by atoms with Gasteiger partial charge in [-0.2, -0.15) is 0 Å². The Morgan fingerprint density at radius 2 is 1.84 bits per heavy atom. The van der Waals surface area contributed by atoms with Gasteiger partial charge < -0.3 is 5.73 Å². The van der Waals surface area contributed by atoms with E-state index in [1.165, 1.54) is 6.07 Å². The molecule has 0 unspecified atom stereocenters. The van der Waals surface area contributed by atoms with E-state index in [1.807, 2.05) is 24.3 Å². The van der Waals surface area contributed by atoms with Crippen LogP contribution in [0.2, 0.25) is 4.34 Å². The third-order valence-corrected chi connectivity index (χ3v) is 5.73. The molecule has 19 heavy (non-hydrogen) atoms. The number of rotatable bonds is 5. The second-order valence-corrected chi connectivity index (χ2v) is 7.56. The number of thiophene rings is 1. The van der Waals surface area contributed by atoms with Crippen molar-refractivity contribution in [1.82, 2.24) is 4.72 Å². The second-order valence-electron chi connectivity index (χ2n) is 3.86. The number of hydrogen-bond acceptors (Lipinski definition) is 4. The van der Waals surface area contributed by atoms with Crippen LogP contribution in [-0.4, -0.2) is 8.42 Å². The molecule has 2 rings (SSSR count). The Kier molecular flexibility index (Phi) is 4.59. The minimum absolute atomic E-state index is 0.211. The zero-order valence-corrected chi connectivity index (χ0v) is 12.4. The zero-order chi connectivity index (χ0) is 13.9. The van der Waals surface area contributed by atoms with Crippen molar-refractivity contribution in [3.05, 3.63) is 51.9 Å². The van der Waals surface area contributed by atoms with Gasteiger partial charge in [-0.1, -0.05) is 35.9 Å². The molecule has 0 atom stereocenters. The van der Waals surface area contributed by atoms with Gasteiger partial charge in [0.1, 0.15) is 4.21 Å². The highest BCUT2D eigenvalue weighted by molar-refractivity contribution is 7.91. The van der Waals surface area contributed by atoms with Gasteiger partial charge >= 0.3 is 0 Å². The molecule has 4 nitrogen and oxygen atoms in total. The maximum absolute atomic E-state index is 12.0. The summed E-state index contributed by atoms with van der Waals surface area (Å²) >= 11 is 6.77. The fourth-order valence-electron chi connectivity index (χ4n) is 1.62. The number of nitrogens with one attached hydrogen (secondary N) is 1. The van der Waals surface area contributed by atoms with E-state index in [4.69, 9.17) is 17.3 Å². The standard InChI is InChI=1S/C12H13ClN2O2S2/c13-11-5-6-12(18-11)19(16,17)15-8-10-4-2-1-3-9(10)7-14/h1-6,15H,7-8,14H2. The summed E-state index contributed by atoms with van der Waals surface area (Å²) in [6.07, 6.45) is 0. The topological polar surface area (TPSA) is 72.2 Å². The molecule has 0 aliphatic rings. The number of halogens is 1. The van der Waals surface area contributed by atoms with E-state index in [9.17, 15) is 8.42 Å². The van der Waals surface area contributed by atoms with Gasteiger partial charge in [-0.3, -0.25) is 0 Å². The van der Waals surface area contributed by atoms with Gasteiger partial charge in [0.2, 0.25) is 10.0 Å². The molecule has 2 aromatic rings. The van der Waals surface area contributed by atoms with Crippen molar-refractivity contribution in [3.8, 4) is 0 Å². The van der Waals surface area contributed by atoms with E-state index in [-0.39, 0.29) is 10.8 Å². The van der Waals surface area contributed by atoms with E-state index in [2.05, 4.69) is 4.72 Å². The Morgan fingerprint density at radius 3 is 2.42 bits per heavy atom. The van der Waals surface area contributed by atoms with Crippen LogP contribution in [0.5, 0.6) is 0 Å². The maximum atomic E-state index is 12.0. The van der Waals surface area contributed by atoms with Gasteiger partial charge in [0.05, 0.1) is 4.34 Å². The van der Waals surface area contributed by atoms with Crippen molar-refractivity contribution in [1.29, 1.82) is 0 Å². The number of nitrogens with two attached hydrogens (primary N) is 1. The lowest BCUT2D eigenvalue weighted by molar-refractivity contribution is 0.583. The van der Waals surface area contributed by atoms with E-state index in [0.717, 1.165) is 22.5 Å². The van der Waals surface area contributed by atoms with Crippen LogP contribution in [0.3, 0.4) is 0 Å². The molecule has 3 N–H and O–H groups in total. The molecule has 0 saturated heterocycles. The third-order valence-electron chi connectivity index (χ3n) is 2.60. The molecule has 102 valence electrons. The van der Waals surface area contributed by atoms with E-state index in [1.54, 1.807) is 6.07 Å². The summed E-state index contributed by atoms with van der Waals surface area (Å²) in [6, 6.07) is 10.5. The van der Waals surface area contributed by atoms with Crippen molar-refractivity contribution in [2.75, 3.05) is 0 Å². The number of benzene rings is 1. The highest BCUT2D eigenvalue weighted by atomic mass is 35.5. The normalized spacial score (nSPS) is 11.7. The highest BCUT2D eigenvalue weighted by Crippen LogP contribution is 2.25. The summed E-state index contributed by atoms with van der Waals surface area (Å²) in [6.45, 7) is 0.591. The highest BCUT2D eigenvalue weighted by Gasteiger charge is 2.16. The zero-order valence-electron chi connectivity index (χ0n) is 9.97. The summed E-state index contributed by atoms with van der Waals surface area (Å²) in [4.78, 5) is 0. The first-order valence-electron chi connectivity index (χ1n) is 5.55. The van der Waals surface area contributed by atoms with Gasteiger partial charge in [0, 0.05) is 13.1 Å². The lowest BCUT2D eigenvalue weighted by Gasteiger charge is -2.08. The Hall–Kier alpha value is -0.920. The molecule has 0 fully saturated rings. The quantitative estimate of drug-likeness (QED) is 0.889. The molecule has 0 spiro atoms. The van der Waals surface area contributed by atoms with Crippen LogP contribution in [0.15, 0.2) is 40.6 Å². The number of hydrogen-bond donors (Lipinski definition) is 2. The average molecular weight is 317 g/mol. The van der Waals surface area contributed by atoms with Crippen molar-refractivity contribution in [2.45, 2.75) is 17.3 Å². The summed E-state index contributed by atoms with van der Waals surface area (Å²) in [7, 11) is -3.52. The third kappa shape index (κ3) is 3.55. The van der Waals surface area contributed by atoms with E-state index >= 15 is 0 Å². The van der Waals surface area contributed by atoms with Crippen LogP contribution in [0.4, 0.5) is 0 Å². The monoisotopic (exact) mass is 316 g/mol. The Bertz CT molecular complexity index is 668. The Balaban J connectivity index is 2.14. The fourth-order valence-corrected chi connectivity index (χ4v) is 4.15. The Labute approximate surface area is 121 Å². The van der Waals surface area contributed by atoms with Crippen molar-refractivity contribution < 1.29 is 8.42 Å². The van der Waals surface area contributed by atoms with Crippen molar-refractivity contribution >= 4 is 33.0 Å². The van der Waals surface area contributed by atoms with Crippen LogP contribution >= 0.6 is 22.9 Å². The lowest BCUT2D eigenvalue weighted by Crippen LogP contribution is -2.23. The van der Waals surface area contributed by atoms with Crippen LogP contribution in [0.1, 0.15) is 11.1 Å². The molecule has 7 heteroatoms. The minimum atomic E-state index is -3.52. The largest absolute Gasteiger partial charge is 0.326 e. The van der Waals surface area contributed by atoms with Gasteiger partial charge in [-0.25, -0.2) is 13.1 Å². The van der Waals surface area contributed by atoms with Crippen LogP contribution in [0.25, 0.3) is 0 Å². The first-order valence-corrected chi connectivity index (χ1v) is 8.22. The summed E-state index contributed by atoms with van der Waals surface area (Å²) < 4.78 is 27.3. The fraction of sp³-hybridized carbons (Fsp3) is 0.167. The smallest absolute Gasteiger partial charge is 0.250 e. The molecule has 0 aliphatic carbocycles. The van der Waals surface area contributed by atoms with E-state index < -0.39 is 10.0 Å².